The Morgan fingerprint density at radius 2 is 1.69 bits per heavy atom. The summed E-state index contributed by atoms with van der Waals surface area (Å²) in [5.41, 5.74) is -0.524. The molecule has 1 amide bonds. The van der Waals surface area contributed by atoms with E-state index in [1.165, 1.54) is 0 Å². The van der Waals surface area contributed by atoms with E-state index in [9.17, 15) is 9.90 Å². The second-order valence-electron chi connectivity index (χ2n) is 6.48. The standard InChI is InChI=1S/C13H27NO2/c1-12(2,3)9-7-8-11(15)14(6)10-13(4,5)16/h16H,7-10H2,1-6H3. The molecule has 3 heteroatoms. The monoisotopic (exact) mass is 229 g/mol. The van der Waals surface area contributed by atoms with Crippen molar-refractivity contribution in [3.05, 3.63) is 0 Å². The maximum Gasteiger partial charge on any atom is 0.222 e. The van der Waals surface area contributed by atoms with E-state index in [1.807, 2.05) is 0 Å². The number of amides is 1. The molecule has 0 atom stereocenters. The zero-order valence-corrected chi connectivity index (χ0v) is 11.6. The van der Waals surface area contributed by atoms with Crippen LogP contribution in [-0.4, -0.2) is 35.1 Å². The average Bonchev–Trinajstić information content (AvgIpc) is 1.98. The first-order valence-corrected chi connectivity index (χ1v) is 5.98. The van der Waals surface area contributed by atoms with Crippen molar-refractivity contribution in [2.75, 3.05) is 13.6 Å². The fourth-order valence-electron chi connectivity index (χ4n) is 1.63. The summed E-state index contributed by atoms with van der Waals surface area (Å²) < 4.78 is 0. The van der Waals surface area contributed by atoms with Gasteiger partial charge in [0.2, 0.25) is 5.91 Å². The Hall–Kier alpha value is -0.570. The minimum Gasteiger partial charge on any atom is -0.389 e. The maximum absolute atomic E-state index is 11.7. The molecule has 16 heavy (non-hydrogen) atoms. The fraction of sp³-hybridized carbons (Fsp3) is 0.923. The summed E-state index contributed by atoms with van der Waals surface area (Å²) >= 11 is 0. The van der Waals surface area contributed by atoms with Gasteiger partial charge in [-0.3, -0.25) is 4.79 Å². The van der Waals surface area contributed by atoms with Gasteiger partial charge in [0.05, 0.1) is 5.60 Å². The number of aliphatic hydroxyl groups is 1. The van der Waals surface area contributed by atoms with E-state index in [0.717, 1.165) is 12.8 Å². The molecule has 0 radical (unpaired) electrons. The van der Waals surface area contributed by atoms with Crippen molar-refractivity contribution in [3.8, 4) is 0 Å². The number of hydrogen-bond donors (Lipinski definition) is 1. The highest BCUT2D eigenvalue weighted by molar-refractivity contribution is 5.75. The third-order valence-corrected chi connectivity index (χ3v) is 2.37. The lowest BCUT2D eigenvalue weighted by Crippen LogP contribution is -2.39. The molecular weight excluding hydrogens is 202 g/mol. The minimum absolute atomic E-state index is 0.117. The van der Waals surface area contributed by atoms with Crippen LogP contribution in [0, 0.1) is 5.41 Å². The third kappa shape index (κ3) is 8.72. The highest BCUT2D eigenvalue weighted by Gasteiger charge is 2.19. The number of rotatable bonds is 5. The Balaban J connectivity index is 3.90. The molecular formula is C13H27NO2. The highest BCUT2D eigenvalue weighted by Crippen LogP contribution is 2.21. The zero-order valence-electron chi connectivity index (χ0n) is 11.6. The molecule has 0 aromatic rings. The van der Waals surface area contributed by atoms with E-state index >= 15 is 0 Å². The predicted octanol–water partition coefficient (Wildman–Crippen LogP) is 2.43. The van der Waals surface area contributed by atoms with Gasteiger partial charge in [-0.2, -0.15) is 0 Å². The van der Waals surface area contributed by atoms with Crippen molar-refractivity contribution in [1.82, 2.24) is 4.90 Å². The van der Waals surface area contributed by atoms with Gasteiger partial charge in [0.1, 0.15) is 0 Å². The van der Waals surface area contributed by atoms with E-state index in [-0.39, 0.29) is 11.3 Å². The molecule has 0 spiro atoms. The van der Waals surface area contributed by atoms with Crippen LogP contribution in [0.3, 0.4) is 0 Å². The molecule has 3 nitrogen and oxygen atoms in total. The van der Waals surface area contributed by atoms with Gasteiger partial charge in [-0.05, 0) is 32.1 Å². The van der Waals surface area contributed by atoms with Crippen LogP contribution < -0.4 is 0 Å². The van der Waals surface area contributed by atoms with Crippen LogP contribution in [0.15, 0.2) is 0 Å². The van der Waals surface area contributed by atoms with Crippen molar-refractivity contribution in [1.29, 1.82) is 0 Å². The number of carbonyl (C=O) groups excluding carboxylic acids is 1. The lowest BCUT2D eigenvalue weighted by molar-refractivity contribution is -0.132. The van der Waals surface area contributed by atoms with Gasteiger partial charge in [0, 0.05) is 20.0 Å². The van der Waals surface area contributed by atoms with Gasteiger partial charge in [0.25, 0.3) is 0 Å². The van der Waals surface area contributed by atoms with Crippen molar-refractivity contribution in [2.24, 2.45) is 5.41 Å². The lowest BCUT2D eigenvalue weighted by atomic mass is 9.90. The largest absolute Gasteiger partial charge is 0.389 e. The summed E-state index contributed by atoms with van der Waals surface area (Å²) in [6.45, 7) is 10.4. The number of likely N-dealkylation sites (N-methyl/N-ethyl adjacent to an activating group) is 1. The SMILES string of the molecule is CN(CC(C)(C)O)C(=O)CCCC(C)(C)C. The molecule has 0 fully saturated rings. The smallest absolute Gasteiger partial charge is 0.222 e. The molecule has 0 unspecified atom stereocenters. The van der Waals surface area contributed by atoms with E-state index in [0.29, 0.717) is 13.0 Å². The molecule has 0 aliphatic carbocycles. The van der Waals surface area contributed by atoms with E-state index in [2.05, 4.69) is 20.8 Å². The molecule has 0 aliphatic heterocycles. The average molecular weight is 229 g/mol. The summed E-state index contributed by atoms with van der Waals surface area (Å²) in [7, 11) is 1.75. The van der Waals surface area contributed by atoms with Gasteiger partial charge in [0.15, 0.2) is 0 Å². The molecule has 0 bridgehead atoms. The summed E-state index contributed by atoms with van der Waals surface area (Å²) in [6, 6.07) is 0. The zero-order chi connectivity index (χ0) is 13.0. The second-order valence-corrected chi connectivity index (χ2v) is 6.48. The number of carbonyl (C=O) groups is 1. The van der Waals surface area contributed by atoms with Gasteiger partial charge in [-0.15, -0.1) is 0 Å². The summed E-state index contributed by atoms with van der Waals surface area (Å²) in [4.78, 5) is 13.3. The topological polar surface area (TPSA) is 40.5 Å². The minimum atomic E-state index is -0.811. The lowest BCUT2D eigenvalue weighted by Gasteiger charge is -2.26. The molecule has 0 saturated carbocycles. The first-order valence-electron chi connectivity index (χ1n) is 5.98. The van der Waals surface area contributed by atoms with Crippen LogP contribution in [-0.2, 0) is 4.79 Å². The first kappa shape index (κ1) is 15.4. The molecule has 0 rings (SSSR count). The Morgan fingerprint density at radius 3 is 2.06 bits per heavy atom. The Kier molecular flexibility index (Phi) is 5.47. The van der Waals surface area contributed by atoms with Crippen LogP contribution in [0.4, 0.5) is 0 Å². The van der Waals surface area contributed by atoms with Gasteiger partial charge < -0.3 is 10.0 Å². The fourth-order valence-corrected chi connectivity index (χ4v) is 1.63. The van der Waals surface area contributed by atoms with Crippen LogP contribution in [0.2, 0.25) is 0 Å². The van der Waals surface area contributed by atoms with Crippen molar-refractivity contribution in [3.63, 3.8) is 0 Å². The Morgan fingerprint density at radius 1 is 1.19 bits per heavy atom. The molecule has 96 valence electrons. The van der Waals surface area contributed by atoms with Gasteiger partial charge in [-0.1, -0.05) is 20.8 Å². The maximum atomic E-state index is 11.7. The van der Waals surface area contributed by atoms with Crippen LogP contribution in [0.5, 0.6) is 0 Å². The Bertz CT molecular complexity index is 223. The first-order chi connectivity index (χ1) is 7.01. The summed E-state index contributed by atoms with van der Waals surface area (Å²) in [6.07, 6.45) is 2.54. The second kappa shape index (κ2) is 5.67. The summed E-state index contributed by atoms with van der Waals surface area (Å²) in [5.74, 6) is 0.117. The van der Waals surface area contributed by atoms with Crippen LogP contribution >= 0.6 is 0 Å². The molecule has 0 aliphatic rings. The predicted molar refractivity (Wildman–Crippen MR) is 67.2 cm³/mol. The van der Waals surface area contributed by atoms with Crippen molar-refractivity contribution < 1.29 is 9.90 Å². The molecule has 0 heterocycles. The van der Waals surface area contributed by atoms with Crippen molar-refractivity contribution in [2.45, 2.75) is 59.5 Å². The molecule has 0 saturated heterocycles. The molecule has 1 N–H and O–H groups in total. The molecule has 0 aromatic heterocycles. The normalized spacial score (nSPS) is 12.7. The van der Waals surface area contributed by atoms with Gasteiger partial charge >= 0.3 is 0 Å². The highest BCUT2D eigenvalue weighted by atomic mass is 16.3. The molecule has 0 aromatic carbocycles. The van der Waals surface area contributed by atoms with E-state index < -0.39 is 5.60 Å². The van der Waals surface area contributed by atoms with Gasteiger partial charge in [-0.25, -0.2) is 0 Å². The summed E-state index contributed by atoms with van der Waals surface area (Å²) in [5, 5.41) is 9.60. The van der Waals surface area contributed by atoms with E-state index in [1.54, 1.807) is 25.8 Å². The van der Waals surface area contributed by atoms with Crippen LogP contribution in [0.25, 0.3) is 0 Å². The number of nitrogens with zero attached hydrogens (tertiary/aromatic N) is 1. The van der Waals surface area contributed by atoms with Crippen molar-refractivity contribution >= 4 is 5.91 Å². The number of hydrogen-bond acceptors (Lipinski definition) is 2. The van der Waals surface area contributed by atoms with E-state index in [4.69, 9.17) is 0 Å². The van der Waals surface area contributed by atoms with Crippen LogP contribution in [0.1, 0.15) is 53.9 Å². The Labute approximate surface area is 99.8 Å². The third-order valence-electron chi connectivity index (χ3n) is 2.37. The quantitative estimate of drug-likeness (QED) is 0.786.